The van der Waals surface area contributed by atoms with E-state index in [0.717, 1.165) is 5.56 Å². The number of hydrogen-bond donors (Lipinski definition) is 2. The van der Waals surface area contributed by atoms with Crippen molar-refractivity contribution in [2.45, 2.75) is 6.42 Å². The third-order valence-electron chi connectivity index (χ3n) is 1.43. The van der Waals surface area contributed by atoms with Gasteiger partial charge in [0.15, 0.2) is 0 Å². The second-order valence-electron chi connectivity index (χ2n) is 2.41. The van der Waals surface area contributed by atoms with E-state index in [-0.39, 0.29) is 6.42 Å². The Morgan fingerprint density at radius 1 is 1.50 bits per heavy atom. The molecule has 0 unspecified atom stereocenters. The maximum absolute atomic E-state index is 10.7. The zero-order chi connectivity index (χ0) is 8.97. The van der Waals surface area contributed by atoms with E-state index < -0.39 is 5.97 Å². The minimum atomic E-state index is -0.472. The van der Waals surface area contributed by atoms with Crippen LogP contribution < -0.4 is 11.6 Å². The van der Waals surface area contributed by atoms with Crippen molar-refractivity contribution in [1.82, 2.24) is 0 Å². The van der Waals surface area contributed by atoms with Crippen molar-refractivity contribution in [3.63, 3.8) is 0 Å². The summed E-state index contributed by atoms with van der Waals surface area (Å²) in [6.07, 6.45) is 0.154. The number of carbonyl (C=O) groups excluding carboxylic acids is 1. The second kappa shape index (κ2) is 3.73. The molecule has 0 amide bonds. The van der Waals surface area contributed by atoms with Gasteiger partial charge in [-0.25, -0.2) is 0 Å². The Kier molecular flexibility index (Phi) is 2.66. The Balaban J connectivity index is 2.69. The molecule has 0 aliphatic carbocycles. The molecule has 0 saturated carbocycles. The summed E-state index contributed by atoms with van der Waals surface area (Å²) in [5.41, 5.74) is 6.91. The fraction of sp³-hybridized carbons (Fsp3) is 0.125. The highest BCUT2D eigenvalue weighted by Gasteiger charge is 2.02. The van der Waals surface area contributed by atoms with Gasteiger partial charge in [0.25, 0.3) is 0 Å². The summed E-state index contributed by atoms with van der Waals surface area (Å²) in [6, 6.07) is 7.01. The average Bonchev–Trinajstić information content (AvgIpc) is 2.04. The molecule has 0 fully saturated rings. The van der Waals surface area contributed by atoms with Gasteiger partial charge in [0.2, 0.25) is 0 Å². The molecule has 4 heteroatoms. The van der Waals surface area contributed by atoms with Gasteiger partial charge < -0.3 is 10.6 Å². The summed E-state index contributed by atoms with van der Waals surface area (Å²) in [5.74, 6) is 4.21. The van der Waals surface area contributed by atoms with E-state index in [9.17, 15) is 4.79 Å². The molecule has 0 heterocycles. The predicted octanol–water partition coefficient (Wildman–Crippen LogP) is 0.228. The Labute approximate surface area is 70.1 Å². The molecular weight excluding hydrogens is 156 g/mol. The third kappa shape index (κ3) is 2.25. The van der Waals surface area contributed by atoms with E-state index in [4.69, 9.17) is 5.73 Å². The molecule has 4 N–H and O–H groups in total. The van der Waals surface area contributed by atoms with E-state index in [0.29, 0.717) is 5.69 Å². The molecule has 0 radical (unpaired) electrons. The lowest BCUT2D eigenvalue weighted by molar-refractivity contribution is -0.143. The highest BCUT2D eigenvalue weighted by Crippen LogP contribution is 2.07. The first-order chi connectivity index (χ1) is 5.72. The van der Waals surface area contributed by atoms with Crippen LogP contribution in [0.3, 0.4) is 0 Å². The van der Waals surface area contributed by atoms with E-state index in [1.54, 1.807) is 24.3 Å². The lowest BCUT2D eigenvalue weighted by Crippen LogP contribution is -2.12. The number of hydrogen-bond acceptors (Lipinski definition) is 4. The van der Waals surface area contributed by atoms with E-state index >= 15 is 0 Å². The molecule has 0 aromatic heterocycles. The molecule has 1 aromatic rings. The van der Waals surface area contributed by atoms with Crippen LogP contribution in [-0.2, 0) is 16.1 Å². The largest absolute Gasteiger partial charge is 0.399 e. The van der Waals surface area contributed by atoms with Crippen molar-refractivity contribution in [3.8, 4) is 0 Å². The number of rotatable bonds is 2. The lowest BCUT2D eigenvalue weighted by atomic mass is 10.1. The molecule has 0 saturated heterocycles. The molecule has 1 rings (SSSR count). The first-order valence-corrected chi connectivity index (χ1v) is 3.46. The van der Waals surface area contributed by atoms with Gasteiger partial charge in [0, 0.05) is 5.69 Å². The molecule has 4 nitrogen and oxygen atoms in total. The summed E-state index contributed by atoms with van der Waals surface area (Å²) in [7, 11) is 0. The normalized spacial score (nSPS) is 9.42. The van der Waals surface area contributed by atoms with Gasteiger partial charge in [-0.2, -0.15) is 5.90 Å². The molecule has 0 aliphatic heterocycles. The molecule has 64 valence electrons. The van der Waals surface area contributed by atoms with Crippen LogP contribution in [0.15, 0.2) is 24.3 Å². The zero-order valence-electron chi connectivity index (χ0n) is 6.49. The molecular formula is C8H10N2O2. The van der Waals surface area contributed by atoms with Crippen molar-refractivity contribution in [1.29, 1.82) is 0 Å². The summed E-state index contributed by atoms with van der Waals surface area (Å²) in [5, 5.41) is 0. The smallest absolute Gasteiger partial charge is 0.328 e. The summed E-state index contributed by atoms with van der Waals surface area (Å²) in [4.78, 5) is 14.7. The van der Waals surface area contributed by atoms with Gasteiger partial charge >= 0.3 is 5.97 Å². The average molecular weight is 166 g/mol. The van der Waals surface area contributed by atoms with Crippen molar-refractivity contribution < 1.29 is 9.63 Å². The second-order valence-corrected chi connectivity index (χ2v) is 2.41. The van der Waals surface area contributed by atoms with Crippen LogP contribution in [0.1, 0.15) is 5.56 Å². The quantitative estimate of drug-likeness (QED) is 0.487. The fourth-order valence-corrected chi connectivity index (χ4v) is 0.911. The summed E-state index contributed by atoms with van der Waals surface area (Å²) in [6.45, 7) is 0. The Bertz CT molecular complexity index is 286. The number of nitrogen functional groups attached to an aromatic ring is 1. The van der Waals surface area contributed by atoms with Crippen molar-refractivity contribution >= 4 is 11.7 Å². The maximum atomic E-state index is 10.7. The number of carbonyl (C=O) groups is 1. The molecule has 0 aliphatic rings. The van der Waals surface area contributed by atoms with E-state index in [2.05, 4.69) is 10.7 Å². The van der Waals surface area contributed by atoms with Gasteiger partial charge in [-0.15, -0.1) is 0 Å². The Morgan fingerprint density at radius 2 is 2.25 bits per heavy atom. The molecule has 1 aromatic carbocycles. The van der Waals surface area contributed by atoms with Crippen LogP contribution in [0.4, 0.5) is 5.69 Å². The number of nitrogens with two attached hydrogens (primary N) is 2. The van der Waals surface area contributed by atoms with Crippen LogP contribution in [0.5, 0.6) is 0 Å². The monoisotopic (exact) mass is 166 g/mol. The summed E-state index contributed by atoms with van der Waals surface area (Å²) < 4.78 is 0. The summed E-state index contributed by atoms with van der Waals surface area (Å²) >= 11 is 0. The first kappa shape index (κ1) is 8.55. The molecule has 0 atom stereocenters. The van der Waals surface area contributed by atoms with Gasteiger partial charge in [0.05, 0.1) is 6.42 Å². The van der Waals surface area contributed by atoms with Crippen LogP contribution >= 0.6 is 0 Å². The third-order valence-corrected chi connectivity index (χ3v) is 1.43. The zero-order valence-corrected chi connectivity index (χ0v) is 6.49. The van der Waals surface area contributed by atoms with Crippen LogP contribution in [0, 0.1) is 0 Å². The van der Waals surface area contributed by atoms with Crippen molar-refractivity contribution in [2.24, 2.45) is 5.90 Å². The minimum Gasteiger partial charge on any atom is -0.399 e. The predicted molar refractivity (Wildman–Crippen MR) is 44.8 cm³/mol. The number of benzene rings is 1. The van der Waals surface area contributed by atoms with Gasteiger partial charge in [-0.3, -0.25) is 4.79 Å². The Morgan fingerprint density at radius 3 is 2.83 bits per heavy atom. The highest BCUT2D eigenvalue weighted by molar-refractivity contribution is 5.72. The van der Waals surface area contributed by atoms with Crippen molar-refractivity contribution in [2.75, 3.05) is 5.73 Å². The topological polar surface area (TPSA) is 78.3 Å². The number of anilines is 1. The Hall–Kier alpha value is -1.55. The lowest BCUT2D eigenvalue weighted by Gasteiger charge is -1.99. The minimum absolute atomic E-state index is 0.154. The van der Waals surface area contributed by atoms with E-state index in [1.807, 2.05) is 0 Å². The molecule has 0 spiro atoms. The van der Waals surface area contributed by atoms with Gasteiger partial charge in [-0.05, 0) is 17.7 Å². The maximum Gasteiger partial charge on any atom is 0.328 e. The van der Waals surface area contributed by atoms with Crippen molar-refractivity contribution in [3.05, 3.63) is 29.8 Å². The van der Waals surface area contributed by atoms with Gasteiger partial charge in [0.1, 0.15) is 0 Å². The molecule has 0 bridgehead atoms. The fourth-order valence-electron chi connectivity index (χ4n) is 0.911. The highest BCUT2D eigenvalue weighted by atomic mass is 16.7. The van der Waals surface area contributed by atoms with Crippen LogP contribution in [0.2, 0.25) is 0 Å². The standard InChI is InChI=1S/C8H10N2O2/c9-7-3-1-2-6(4-7)5-8(11)12-10/h1-4H,5,9-10H2. The first-order valence-electron chi connectivity index (χ1n) is 3.46. The SMILES string of the molecule is NOC(=O)Cc1cccc(N)c1. The molecule has 12 heavy (non-hydrogen) atoms. The van der Waals surface area contributed by atoms with Crippen LogP contribution in [0.25, 0.3) is 0 Å². The van der Waals surface area contributed by atoms with Crippen LogP contribution in [-0.4, -0.2) is 5.97 Å². The van der Waals surface area contributed by atoms with E-state index in [1.165, 1.54) is 0 Å². The van der Waals surface area contributed by atoms with Gasteiger partial charge in [-0.1, -0.05) is 12.1 Å².